The summed E-state index contributed by atoms with van der Waals surface area (Å²) >= 11 is 0. The van der Waals surface area contributed by atoms with Crippen molar-refractivity contribution in [1.82, 2.24) is 40.4 Å². The van der Waals surface area contributed by atoms with Gasteiger partial charge in [0.15, 0.2) is 5.79 Å². The second kappa shape index (κ2) is 17.4. The van der Waals surface area contributed by atoms with Crippen molar-refractivity contribution >= 4 is 24.0 Å². The number of carbonyl (C=O) groups is 4. The first-order valence-corrected chi connectivity index (χ1v) is 20.2. The number of benzene rings is 3. The Morgan fingerprint density at radius 3 is 1.89 bits per heavy atom. The molecule has 2 saturated heterocycles. The molecule has 5 aromatic rings. The van der Waals surface area contributed by atoms with Crippen LogP contribution in [0.1, 0.15) is 55.6 Å². The summed E-state index contributed by atoms with van der Waals surface area (Å²) in [4.78, 5) is 71.7. The monoisotopic (exact) mass is 828 g/mol. The molecular weight excluding hydrogens is 781 g/mol. The van der Waals surface area contributed by atoms with Crippen LogP contribution in [0, 0.1) is 5.92 Å². The molecule has 0 aliphatic carbocycles. The molecule has 61 heavy (non-hydrogen) atoms. The number of amides is 4. The summed E-state index contributed by atoms with van der Waals surface area (Å²) in [5.41, 5.74) is 6.07. The fraction of sp³-hybridized carbons (Fsp3) is 0.333. The maximum atomic E-state index is 14.3. The molecule has 0 bridgehead atoms. The van der Waals surface area contributed by atoms with Crippen LogP contribution in [0.4, 0.5) is 9.59 Å². The number of ether oxygens (including phenoxy) is 4. The molecule has 316 valence electrons. The maximum absolute atomic E-state index is 14.3. The fourth-order valence-electron chi connectivity index (χ4n) is 8.13. The van der Waals surface area contributed by atoms with Gasteiger partial charge in [-0.25, -0.2) is 19.6 Å². The fourth-order valence-corrected chi connectivity index (χ4v) is 8.13. The third-order valence-electron chi connectivity index (χ3n) is 11.4. The van der Waals surface area contributed by atoms with E-state index in [1.807, 2.05) is 92.7 Å². The average Bonchev–Trinajstić information content (AvgIpc) is 4.15. The first-order valence-electron chi connectivity index (χ1n) is 20.2. The second-order valence-electron chi connectivity index (χ2n) is 15.5. The third-order valence-corrected chi connectivity index (χ3v) is 11.4. The van der Waals surface area contributed by atoms with Crippen LogP contribution in [0.15, 0.2) is 103 Å². The lowest BCUT2D eigenvalue weighted by Crippen LogP contribution is -2.51. The summed E-state index contributed by atoms with van der Waals surface area (Å²) < 4.78 is 21.7. The van der Waals surface area contributed by atoms with Crippen LogP contribution in [0.2, 0.25) is 0 Å². The van der Waals surface area contributed by atoms with E-state index >= 15 is 0 Å². The molecule has 2 aromatic heterocycles. The number of carbonyl (C=O) groups excluding carboxylic acids is 4. The van der Waals surface area contributed by atoms with E-state index in [-0.39, 0.29) is 24.3 Å². The van der Waals surface area contributed by atoms with Crippen LogP contribution in [0.25, 0.3) is 33.6 Å². The van der Waals surface area contributed by atoms with E-state index in [1.165, 1.54) is 14.2 Å². The summed E-state index contributed by atoms with van der Waals surface area (Å²) in [5, 5.41) is 5.37. The van der Waals surface area contributed by atoms with Crippen LogP contribution < -0.4 is 10.6 Å². The predicted molar refractivity (Wildman–Crippen MR) is 223 cm³/mol. The number of nitrogens with zero attached hydrogens (tertiary/aromatic N) is 4. The molecule has 4 atom stereocenters. The van der Waals surface area contributed by atoms with E-state index in [0.717, 1.165) is 33.6 Å². The second-order valence-corrected chi connectivity index (χ2v) is 15.5. The Kier molecular flexibility index (Phi) is 11.7. The SMILES string of the molecule is COC(=O)N[C@H](C(=O)N1CC=C[C@H]1c1ncc(-c2ccc(-c3ccc(-c4cnc([C@@H]5CC6(CN5C(=O)[C@H](NC(=O)OC)c5ccccc5)OCCO6)[nH]4)cc3)cc2)[nH]1)C(C)C. The normalized spacial score (nSPS) is 19.0. The lowest BCUT2D eigenvalue weighted by atomic mass is 10.0. The largest absolute Gasteiger partial charge is 0.453 e. The van der Waals surface area contributed by atoms with Crippen molar-refractivity contribution in [2.45, 2.75) is 50.2 Å². The minimum atomic E-state index is -1.000. The Bertz CT molecular complexity index is 2390. The molecule has 4 N–H and O–H groups in total. The number of methoxy groups -OCH3 is 2. The third kappa shape index (κ3) is 8.49. The van der Waals surface area contributed by atoms with Gasteiger partial charge in [0.1, 0.15) is 29.8 Å². The predicted octanol–water partition coefficient (Wildman–Crippen LogP) is 6.07. The van der Waals surface area contributed by atoms with E-state index in [1.54, 1.807) is 34.3 Å². The first-order chi connectivity index (χ1) is 29.6. The van der Waals surface area contributed by atoms with Gasteiger partial charge in [-0.3, -0.25) is 9.59 Å². The van der Waals surface area contributed by atoms with Crippen LogP contribution in [-0.4, -0.2) is 106 Å². The number of nitrogens with one attached hydrogen (secondary N) is 4. The van der Waals surface area contributed by atoms with E-state index in [9.17, 15) is 19.2 Å². The highest BCUT2D eigenvalue weighted by molar-refractivity contribution is 5.88. The lowest BCUT2D eigenvalue weighted by molar-refractivity contribution is -0.153. The molecular formula is C45H48N8O8. The molecule has 16 nitrogen and oxygen atoms in total. The van der Waals surface area contributed by atoms with E-state index in [0.29, 0.717) is 43.4 Å². The van der Waals surface area contributed by atoms with Gasteiger partial charge in [0, 0.05) is 13.0 Å². The highest BCUT2D eigenvalue weighted by Gasteiger charge is 2.52. The Labute approximate surface area is 352 Å². The van der Waals surface area contributed by atoms with Crippen LogP contribution in [0.5, 0.6) is 0 Å². The van der Waals surface area contributed by atoms with Crippen LogP contribution >= 0.6 is 0 Å². The molecule has 3 aliphatic rings. The summed E-state index contributed by atoms with van der Waals surface area (Å²) in [6.07, 6.45) is 6.35. The first kappa shape index (κ1) is 41.0. The summed E-state index contributed by atoms with van der Waals surface area (Å²) in [7, 11) is 2.53. The van der Waals surface area contributed by atoms with Gasteiger partial charge in [0.25, 0.3) is 5.91 Å². The smallest absolute Gasteiger partial charge is 0.407 e. The van der Waals surface area contributed by atoms with Crippen LogP contribution in [0.3, 0.4) is 0 Å². The van der Waals surface area contributed by atoms with Crippen LogP contribution in [-0.2, 0) is 28.5 Å². The van der Waals surface area contributed by atoms with Crippen molar-refractivity contribution in [3.63, 3.8) is 0 Å². The van der Waals surface area contributed by atoms with Gasteiger partial charge in [0.2, 0.25) is 5.91 Å². The topological polar surface area (TPSA) is 193 Å². The minimum Gasteiger partial charge on any atom is -0.453 e. The van der Waals surface area contributed by atoms with Crippen molar-refractivity contribution in [2.75, 3.05) is 40.5 Å². The molecule has 8 rings (SSSR count). The molecule has 16 heteroatoms. The van der Waals surface area contributed by atoms with Crippen molar-refractivity contribution in [1.29, 1.82) is 0 Å². The zero-order valence-corrected chi connectivity index (χ0v) is 34.3. The molecule has 0 radical (unpaired) electrons. The van der Waals surface area contributed by atoms with Gasteiger partial charge >= 0.3 is 12.2 Å². The number of hydrogen-bond acceptors (Lipinski definition) is 10. The standard InChI is InChI=1S/C45H48N8O8/c1-27(2)37(50-43(56)58-3)41(54)52-20-8-11-35(52)39-46-24-33(48-39)30-16-12-28(13-17-30)29-14-18-31(19-15-29)34-25-47-40(49-34)36-23-45(60-21-22-61-45)26-53(36)42(55)38(51-44(57)59-4)32-9-6-5-7-10-32/h5-19,24-25,27,35-38H,20-23,26H2,1-4H3,(H,46,48)(H,47,49)(H,50,56)(H,51,57)/t35-,36-,37-,38+/m0/s1. The van der Waals surface area contributed by atoms with Gasteiger partial charge in [-0.1, -0.05) is 105 Å². The van der Waals surface area contributed by atoms with Gasteiger partial charge in [-0.15, -0.1) is 0 Å². The summed E-state index contributed by atoms with van der Waals surface area (Å²) in [5.74, 6) is -0.476. The lowest BCUT2D eigenvalue weighted by Gasteiger charge is -2.29. The van der Waals surface area contributed by atoms with Gasteiger partial charge in [-0.2, -0.15) is 0 Å². The number of likely N-dealkylation sites (tertiary alicyclic amines) is 1. The van der Waals surface area contributed by atoms with Crippen molar-refractivity contribution in [3.8, 4) is 33.6 Å². The molecule has 5 heterocycles. The zero-order chi connectivity index (χ0) is 42.7. The number of aromatic nitrogens is 4. The molecule has 3 aliphatic heterocycles. The van der Waals surface area contributed by atoms with Gasteiger partial charge in [0.05, 0.1) is 63.8 Å². The number of H-pyrrole nitrogens is 2. The van der Waals surface area contributed by atoms with E-state index < -0.39 is 42.1 Å². The summed E-state index contributed by atoms with van der Waals surface area (Å²) in [6, 6.07) is 22.6. The highest BCUT2D eigenvalue weighted by atomic mass is 16.7. The molecule has 1 spiro atoms. The molecule has 0 saturated carbocycles. The number of aromatic amines is 2. The Hall–Kier alpha value is -6.78. The molecule has 0 unspecified atom stereocenters. The molecule has 2 fully saturated rings. The number of hydrogen-bond donors (Lipinski definition) is 4. The minimum absolute atomic E-state index is 0.144. The van der Waals surface area contributed by atoms with Crippen molar-refractivity contribution in [2.24, 2.45) is 5.92 Å². The average molecular weight is 829 g/mol. The molecule has 4 amide bonds. The Balaban J connectivity index is 0.958. The Morgan fingerprint density at radius 2 is 1.30 bits per heavy atom. The van der Waals surface area contributed by atoms with Gasteiger partial charge < -0.3 is 49.3 Å². The molecule has 3 aromatic carbocycles. The maximum Gasteiger partial charge on any atom is 0.407 e. The van der Waals surface area contributed by atoms with Crippen molar-refractivity contribution in [3.05, 3.63) is 121 Å². The number of rotatable bonds is 11. The number of imidazole rings is 2. The number of alkyl carbamates (subject to hydrolysis) is 2. The van der Waals surface area contributed by atoms with Gasteiger partial charge in [-0.05, 0) is 33.7 Å². The zero-order valence-electron chi connectivity index (χ0n) is 34.3. The quantitative estimate of drug-likeness (QED) is 0.114. The Morgan fingerprint density at radius 1 is 0.738 bits per heavy atom. The van der Waals surface area contributed by atoms with E-state index in [4.69, 9.17) is 23.9 Å². The summed E-state index contributed by atoms with van der Waals surface area (Å²) in [6.45, 7) is 5.15. The van der Waals surface area contributed by atoms with Crippen molar-refractivity contribution < 1.29 is 38.1 Å². The van der Waals surface area contributed by atoms with E-state index in [2.05, 4.69) is 25.6 Å². The highest BCUT2D eigenvalue weighted by Crippen LogP contribution is 2.43.